The van der Waals surface area contributed by atoms with Gasteiger partial charge in [-0.2, -0.15) is 0 Å². The van der Waals surface area contributed by atoms with E-state index in [0.29, 0.717) is 12.5 Å². The summed E-state index contributed by atoms with van der Waals surface area (Å²) in [5, 5.41) is 3.42. The summed E-state index contributed by atoms with van der Waals surface area (Å²) in [7, 11) is 0. The molecule has 1 saturated heterocycles. The molecule has 0 radical (unpaired) electrons. The van der Waals surface area contributed by atoms with Gasteiger partial charge in [-0.05, 0) is 72.5 Å². The number of carbonyl (C=O) groups excluding carboxylic acids is 1. The third-order valence-corrected chi connectivity index (χ3v) is 6.19. The van der Waals surface area contributed by atoms with Crippen LogP contribution in [0.3, 0.4) is 0 Å². The molecule has 0 bridgehead atoms. The van der Waals surface area contributed by atoms with Crippen LogP contribution >= 0.6 is 0 Å². The Kier molecular flexibility index (Phi) is 5.28. The normalized spacial score (nSPS) is 17.6. The second-order valence-corrected chi connectivity index (χ2v) is 7.83. The van der Waals surface area contributed by atoms with E-state index in [1.54, 1.807) is 0 Å². The van der Waals surface area contributed by atoms with Gasteiger partial charge in [-0.15, -0.1) is 0 Å². The fourth-order valence-corrected chi connectivity index (χ4v) is 4.55. The van der Waals surface area contributed by atoms with Crippen molar-refractivity contribution in [2.75, 3.05) is 19.6 Å². The maximum absolute atomic E-state index is 13.2. The zero-order valence-corrected chi connectivity index (χ0v) is 16.1. The van der Waals surface area contributed by atoms with Gasteiger partial charge in [0.25, 0.3) is 5.91 Å². The smallest absolute Gasteiger partial charge is 0.254 e. The molecule has 1 fully saturated rings. The van der Waals surface area contributed by atoms with Crippen LogP contribution in [0.5, 0.6) is 0 Å². The van der Waals surface area contributed by atoms with Crippen LogP contribution in [0.2, 0.25) is 0 Å². The third kappa shape index (κ3) is 3.64. The Morgan fingerprint density at radius 2 is 2.00 bits per heavy atom. The fourth-order valence-electron chi connectivity index (χ4n) is 4.55. The first-order chi connectivity index (χ1) is 13.2. The number of hydrogen-bond acceptors (Lipinski definition) is 3. The van der Waals surface area contributed by atoms with Crippen molar-refractivity contribution in [3.05, 3.63) is 69.8 Å². The zero-order valence-electron chi connectivity index (χ0n) is 16.1. The molecule has 142 valence electrons. The molecular weight excluding hydrogens is 334 g/mol. The van der Waals surface area contributed by atoms with Crippen LogP contribution in [0.4, 0.5) is 0 Å². The molecule has 0 saturated carbocycles. The van der Waals surface area contributed by atoms with E-state index in [4.69, 9.17) is 5.73 Å². The first-order valence-electron chi connectivity index (χ1n) is 10.1. The number of hydrogen-bond donors (Lipinski definition) is 2. The Morgan fingerprint density at radius 1 is 1.19 bits per heavy atom. The number of nitrogens with two attached hydrogens (primary N) is 1. The van der Waals surface area contributed by atoms with E-state index in [1.165, 1.54) is 27.8 Å². The minimum atomic E-state index is 0.198. The van der Waals surface area contributed by atoms with Crippen molar-refractivity contribution in [2.24, 2.45) is 5.73 Å². The number of piperidine rings is 1. The Morgan fingerprint density at radius 3 is 2.78 bits per heavy atom. The molecule has 0 unspecified atom stereocenters. The molecule has 0 aromatic heterocycles. The highest BCUT2D eigenvalue weighted by Gasteiger charge is 2.27. The second-order valence-electron chi connectivity index (χ2n) is 7.83. The third-order valence-electron chi connectivity index (χ3n) is 6.19. The number of carbonyl (C=O) groups is 1. The van der Waals surface area contributed by atoms with Crippen molar-refractivity contribution in [3.63, 3.8) is 0 Å². The highest BCUT2D eigenvalue weighted by molar-refractivity contribution is 5.96. The van der Waals surface area contributed by atoms with Crippen molar-refractivity contribution < 1.29 is 4.79 Å². The summed E-state index contributed by atoms with van der Waals surface area (Å²) in [5.41, 5.74) is 13.1. The standard InChI is InChI=1S/C23H29N3O/c1-16-5-6-21(22-15-25-10-7-20(16)22)23(27)26-11-8-18(9-12-26)19-4-2-3-17(13-19)14-24/h2-6,13,18,25H,7-12,14-15,24H2,1H3. The number of amides is 1. The SMILES string of the molecule is Cc1ccc(C(=O)N2CCC(c3cccc(CN)c3)CC2)c2c1CCNC2. The molecule has 4 rings (SSSR count). The van der Waals surface area contributed by atoms with Gasteiger partial charge in [-0.1, -0.05) is 30.3 Å². The lowest BCUT2D eigenvalue weighted by Gasteiger charge is -2.33. The number of aryl methyl sites for hydroxylation is 1. The maximum atomic E-state index is 13.2. The summed E-state index contributed by atoms with van der Waals surface area (Å²) in [6.07, 6.45) is 3.06. The monoisotopic (exact) mass is 363 g/mol. The maximum Gasteiger partial charge on any atom is 0.254 e. The summed E-state index contributed by atoms with van der Waals surface area (Å²) in [6.45, 7) is 6.19. The molecule has 0 aliphatic carbocycles. The van der Waals surface area contributed by atoms with Gasteiger partial charge in [0, 0.05) is 31.7 Å². The first kappa shape index (κ1) is 18.2. The molecule has 1 amide bonds. The van der Waals surface area contributed by atoms with Crippen molar-refractivity contribution >= 4 is 5.91 Å². The molecule has 3 N–H and O–H groups in total. The van der Waals surface area contributed by atoms with Gasteiger partial charge in [0.15, 0.2) is 0 Å². The van der Waals surface area contributed by atoms with Crippen molar-refractivity contribution in [1.82, 2.24) is 10.2 Å². The van der Waals surface area contributed by atoms with Gasteiger partial charge in [0.1, 0.15) is 0 Å². The van der Waals surface area contributed by atoms with Gasteiger partial charge in [-0.3, -0.25) is 4.79 Å². The molecule has 2 aromatic carbocycles. The summed E-state index contributed by atoms with van der Waals surface area (Å²) in [4.78, 5) is 15.3. The lowest BCUT2D eigenvalue weighted by molar-refractivity contribution is 0.0711. The van der Waals surface area contributed by atoms with E-state index in [0.717, 1.165) is 51.0 Å². The number of benzene rings is 2. The molecule has 2 aliphatic rings. The largest absolute Gasteiger partial charge is 0.339 e. The molecule has 2 aromatic rings. The molecule has 4 nitrogen and oxygen atoms in total. The highest BCUT2D eigenvalue weighted by Crippen LogP contribution is 2.30. The van der Waals surface area contributed by atoms with Crippen LogP contribution in [0.1, 0.15) is 56.9 Å². The van der Waals surface area contributed by atoms with E-state index >= 15 is 0 Å². The predicted octanol–water partition coefficient (Wildman–Crippen LogP) is 3.12. The average Bonchev–Trinajstić information content (AvgIpc) is 2.74. The quantitative estimate of drug-likeness (QED) is 0.881. The lowest BCUT2D eigenvalue weighted by Crippen LogP contribution is -2.39. The van der Waals surface area contributed by atoms with E-state index < -0.39 is 0 Å². The van der Waals surface area contributed by atoms with Gasteiger partial charge in [-0.25, -0.2) is 0 Å². The van der Waals surface area contributed by atoms with Crippen LogP contribution < -0.4 is 11.1 Å². The second kappa shape index (κ2) is 7.83. The minimum Gasteiger partial charge on any atom is -0.339 e. The predicted molar refractivity (Wildman–Crippen MR) is 109 cm³/mol. The van der Waals surface area contributed by atoms with E-state index in [-0.39, 0.29) is 5.91 Å². The van der Waals surface area contributed by atoms with Crippen LogP contribution in [0, 0.1) is 6.92 Å². The van der Waals surface area contributed by atoms with Crippen LogP contribution in [-0.2, 0) is 19.5 Å². The van der Waals surface area contributed by atoms with Crippen molar-refractivity contribution in [3.8, 4) is 0 Å². The summed E-state index contributed by atoms with van der Waals surface area (Å²) < 4.78 is 0. The Bertz CT molecular complexity index is 838. The summed E-state index contributed by atoms with van der Waals surface area (Å²) in [5.74, 6) is 0.721. The number of nitrogens with one attached hydrogen (secondary N) is 1. The summed E-state index contributed by atoms with van der Waals surface area (Å²) in [6, 6.07) is 12.7. The van der Waals surface area contributed by atoms with Crippen LogP contribution in [0.25, 0.3) is 0 Å². The molecular formula is C23H29N3O. The van der Waals surface area contributed by atoms with E-state index in [9.17, 15) is 4.79 Å². The van der Waals surface area contributed by atoms with Gasteiger partial charge < -0.3 is 16.0 Å². The molecule has 2 aliphatic heterocycles. The molecule has 0 spiro atoms. The number of rotatable bonds is 3. The van der Waals surface area contributed by atoms with Crippen molar-refractivity contribution in [1.29, 1.82) is 0 Å². The molecule has 2 heterocycles. The van der Waals surface area contributed by atoms with Gasteiger partial charge >= 0.3 is 0 Å². The van der Waals surface area contributed by atoms with Crippen molar-refractivity contribution in [2.45, 2.75) is 45.2 Å². The topological polar surface area (TPSA) is 58.4 Å². The first-order valence-corrected chi connectivity index (χ1v) is 10.1. The Balaban J connectivity index is 1.48. The fraction of sp³-hybridized carbons (Fsp3) is 0.435. The van der Waals surface area contributed by atoms with E-state index in [2.05, 4.69) is 42.6 Å². The Hall–Kier alpha value is -2.17. The Labute approximate surface area is 161 Å². The highest BCUT2D eigenvalue weighted by atomic mass is 16.2. The zero-order chi connectivity index (χ0) is 18.8. The van der Waals surface area contributed by atoms with Gasteiger partial charge in [0.05, 0.1) is 0 Å². The average molecular weight is 364 g/mol. The molecule has 27 heavy (non-hydrogen) atoms. The number of nitrogens with zero attached hydrogens (tertiary/aromatic N) is 1. The van der Waals surface area contributed by atoms with Crippen LogP contribution in [0.15, 0.2) is 36.4 Å². The molecule has 4 heteroatoms. The van der Waals surface area contributed by atoms with Gasteiger partial charge in [0.2, 0.25) is 0 Å². The summed E-state index contributed by atoms with van der Waals surface area (Å²) >= 11 is 0. The minimum absolute atomic E-state index is 0.198. The lowest BCUT2D eigenvalue weighted by atomic mass is 9.87. The number of likely N-dealkylation sites (tertiary alicyclic amines) is 1. The van der Waals surface area contributed by atoms with Crippen LogP contribution in [-0.4, -0.2) is 30.4 Å². The molecule has 0 atom stereocenters. The number of fused-ring (bicyclic) bond motifs is 1. The van der Waals surface area contributed by atoms with E-state index in [1.807, 2.05) is 11.0 Å².